The Morgan fingerprint density at radius 2 is 0.622 bits per heavy atom. The molecule has 3 aromatic carbocycles. The van der Waals surface area contributed by atoms with Gasteiger partial charge in [-0.15, -0.1) is 0 Å². The van der Waals surface area contributed by atoms with E-state index >= 15 is 0 Å². The predicted molar refractivity (Wildman–Crippen MR) is 144 cm³/mol. The van der Waals surface area contributed by atoms with E-state index in [1.54, 1.807) is 36.4 Å². The van der Waals surface area contributed by atoms with Crippen molar-refractivity contribution in [3.63, 3.8) is 0 Å². The van der Waals surface area contributed by atoms with Gasteiger partial charge in [0.1, 0.15) is 0 Å². The quantitative estimate of drug-likeness (QED) is 0.329. The van der Waals surface area contributed by atoms with Crippen LogP contribution in [-0.2, 0) is 10.6 Å². The summed E-state index contributed by atoms with van der Waals surface area (Å²) in [4.78, 5) is 39.2. The van der Waals surface area contributed by atoms with Crippen LogP contribution in [0.5, 0.6) is 0 Å². The summed E-state index contributed by atoms with van der Waals surface area (Å²) in [6.07, 6.45) is 0. The first-order valence-corrected chi connectivity index (χ1v) is 15.1. The van der Waals surface area contributed by atoms with Gasteiger partial charge >= 0.3 is 226 Å². The van der Waals surface area contributed by atoms with Crippen LogP contribution < -0.4 is 0 Å². The number of benzene rings is 3. The molecule has 0 spiro atoms. The molecule has 0 saturated heterocycles. The molecule has 0 N–H and O–H groups in total. The fourth-order valence-electron chi connectivity index (χ4n) is 4.00. The molecular formula is C30H33GaO6. The molecule has 3 aromatic rings. The Bertz CT molecular complexity index is 1170. The first-order valence-electron chi connectivity index (χ1n) is 12.1. The van der Waals surface area contributed by atoms with E-state index in [0.29, 0.717) is 16.7 Å². The molecular weight excluding hydrogens is 526 g/mol. The number of hydrogen-bond acceptors (Lipinski definition) is 6. The average molecular weight is 559 g/mol. The van der Waals surface area contributed by atoms with Gasteiger partial charge in [-0.2, -0.15) is 0 Å². The van der Waals surface area contributed by atoms with Gasteiger partial charge in [0.2, 0.25) is 0 Å². The fraction of sp³-hybridized carbons (Fsp3) is 0.300. The van der Waals surface area contributed by atoms with Crippen molar-refractivity contribution in [2.24, 2.45) is 0 Å². The van der Waals surface area contributed by atoms with Crippen LogP contribution in [0.4, 0.5) is 0 Å². The normalized spacial score (nSPS) is 10.6. The van der Waals surface area contributed by atoms with Gasteiger partial charge in [-0.3, -0.25) is 0 Å². The van der Waals surface area contributed by atoms with Gasteiger partial charge in [0.25, 0.3) is 0 Å². The van der Waals surface area contributed by atoms with E-state index in [9.17, 15) is 14.4 Å². The van der Waals surface area contributed by atoms with E-state index in [1.165, 1.54) is 0 Å². The first kappa shape index (κ1) is 28.3. The Kier molecular flexibility index (Phi) is 8.71. The molecule has 0 radical (unpaired) electrons. The van der Waals surface area contributed by atoms with Gasteiger partial charge < -0.3 is 0 Å². The molecule has 0 atom stereocenters. The Hall–Kier alpha value is -3.29. The van der Waals surface area contributed by atoms with E-state index in [2.05, 4.69) is 0 Å². The third kappa shape index (κ3) is 6.53. The van der Waals surface area contributed by atoms with Crippen molar-refractivity contribution >= 4 is 35.2 Å². The Labute approximate surface area is 225 Å². The second-order valence-corrected chi connectivity index (χ2v) is 12.4. The molecule has 0 unspecified atom stereocenters. The minimum atomic E-state index is -4.20. The topological polar surface area (TPSA) is 78.9 Å². The van der Waals surface area contributed by atoms with Crippen LogP contribution in [-0.4, -0.2) is 35.2 Å². The van der Waals surface area contributed by atoms with Crippen LogP contribution in [0.1, 0.15) is 81.1 Å². The molecule has 0 aliphatic rings. The monoisotopic (exact) mass is 558 g/mol. The molecule has 0 amide bonds. The van der Waals surface area contributed by atoms with E-state index in [1.807, 2.05) is 62.3 Å². The molecule has 0 aliphatic carbocycles. The van der Waals surface area contributed by atoms with Crippen LogP contribution in [0.25, 0.3) is 0 Å². The molecule has 0 aliphatic heterocycles. The molecule has 0 heterocycles. The van der Waals surface area contributed by atoms with Gasteiger partial charge in [-0.25, -0.2) is 0 Å². The van der Waals surface area contributed by atoms with E-state index < -0.39 is 35.2 Å². The molecule has 0 aromatic heterocycles. The van der Waals surface area contributed by atoms with Crippen molar-refractivity contribution in [1.82, 2.24) is 0 Å². The summed E-state index contributed by atoms with van der Waals surface area (Å²) in [7, 11) is 0. The average Bonchev–Trinajstić information content (AvgIpc) is 2.83. The number of carbonyl (C=O) groups is 3. The summed E-state index contributed by atoms with van der Waals surface area (Å²) in [6, 6.07) is 10.3. The number of rotatable bonds is 6. The summed E-state index contributed by atoms with van der Waals surface area (Å²) in [5, 5.41) is 0. The Balaban J connectivity index is 1.91. The van der Waals surface area contributed by atoms with Crippen LogP contribution in [0.15, 0.2) is 36.4 Å². The summed E-state index contributed by atoms with van der Waals surface area (Å²) < 4.78 is 16.8. The van der Waals surface area contributed by atoms with Crippen LogP contribution in [0.3, 0.4) is 0 Å². The Morgan fingerprint density at radius 3 is 0.811 bits per heavy atom. The molecule has 3 rings (SSSR count). The molecule has 0 bridgehead atoms. The number of carbonyl (C=O) groups excluding carboxylic acids is 3. The van der Waals surface area contributed by atoms with Crippen LogP contribution in [0.2, 0.25) is 0 Å². The summed E-state index contributed by atoms with van der Waals surface area (Å²) >= 11 is -4.20. The summed E-state index contributed by atoms with van der Waals surface area (Å²) in [5.74, 6) is -2.07. The molecule has 192 valence electrons. The van der Waals surface area contributed by atoms with Crippen molar-refractivity contribution in [3.8, 4) is 0 Å². The molecule has 37 heavy (non-hydrogen) atoms. The minimum absolute atomic E-state index is 0.312. The van der Waals surface area contributed by atoms with Gasteiger partial charge in [0.05, 0.1) is 0 Å². The van der Waals surface area contributed by atoms with Crippen molar-refractivity contribution in [3.05, 3.63) is 103 Å². The molecule has 0 saturated carbocycles. The predicted octanol–water partition coefficient (Wildman–Crippen LogP) is 6.32. The Morgan fingerprint density at radius 1 is 0.432 bits per heavy atom. The summed E-state index contributed by atoms with van der Waals surface area (Å²) in [6.45, 7) is 17.3. The van der Waals surface area contributed by atoms with Crippen molar-refractivity contribution < 1.29 is 25.0 Å². The van der Waals surface area contributed by atoms with Crippen molar-refractivity contribution in [2.45, 2.75) is 62.3 Å². The number of hydrogen-bond donors (Lipinski definition) is 0. The van der Waals surface area contributed by atoms with E-state index in [-0.39, 0.29) is 0 Å². The number of aryl methyl sites for hydroxylation is 6. The SMILES string of the molecule is Cc1cc(C(=O)[O][Ga]([O]C(=O)c2cc(C)c(C)c(C)c2)[O]C(=O)c2cc(C)c(C)c(C)c2)cc(C)c1C. The zero-order valence-corrected chi connectivity index (χ0v) is 25.4. The molecule has 0 fully saturated rings. The standard InChI is InChI=1S/3C10H12O2.Ga/c3*1-6-4-9(10(11)12)5-7(2)8(6)3;/h3*4-5H,1-3H3,(H,11,12);/q;;;+3/p-3. The van der Waals surface area contributed by atoms with E-state index in [0.717, 1.165) is 50.1 Å². The third-order valence-electron chi connectivity index (χ3n) is 7.10. The zero-order chi connectivity index (χ0) is 27.6. The maximum atomic E-state index is 13.1. The van der Waals surface area contributed by atoms with E-state index in [4.69, 9.17) is 10.6 Å². The fourth-order valence-corrected chi connectivity index (χ4v) is 6.26. The molecule has 7 heteroatoms. The van der Waals surface area contributed by atoms with Crippen LogP contribution >= 0.6 is 0 Å². The van der Waals surface area contributed by atoms with Crippen molar-refractivity contribution in [2.75, 3.05) is 0 Å². The molecule has 6 nitrogen and oxygen atoms in total. The van der Waals surface area contributed by atoms with Crippen molar-refractivity contribution in [1.29, 1.82) is 0 Å². The third-order valence-corrected chi connectivity index (χ3v) is 9.66. The van der Waals surface area contributed by atoms with Gasteiger partial charge in [0.15, 0.2) is 0 Å². The van der Waals surface area contributed by atoms with Gasteiger partial charge in [-0.05, 0) is 0 Å². The summed E-state index contributed by atoms with van der Waals surface area (Å²) in [5.41, 5.74) is 9.74. The second kappa shape index (κ2) is 11.4. The van der Waals surface area contributed by atoms with Gasteiger partial charge in [0, 0.05) is 0 Å². The van der Waals surface area contributed by atoms with Crippen LogP contribution in [0, 0.1) is 62.3 Å². The zero-order valence-electron chi connectivity index (χ0n) is 23.0. The first-order chi connectivity index (χ1) is 17.3. The maximum absolute atomic E-state index is 13.1. The van der Waals surface area contributed by atoms with Gasteiger partial charge in [-0.1, -0.05) is 0 Å². The second-order valence-electron chi connectivity index (χ2n) is 9.71.